The molecule has 0 spiro atoms. The van der Waals surface area contributed by atoms with Crippen LogP contribution in [0.4, 0.5) is 0 Å². The minimum atomic E-state index is -0.523. The summed E-state index contributed by atoms with van der Waals surface area (Å²) < 4.78 is 0. The molecule has 1 fully saturated rings. The molecule has 0 aliphatic heterocycles. The van der Waals surface area contributed by atoms with Gasteiger partial charge in [-0.15, -0.1) is 0 Å². The van der Waals surface area contributed by atoms with Crippen molar-refractivity contribution < 1.29 is 5.11 Å². The van der Waals surface area contributed by atoms with Crippen LogP contribution in [0.1, 0.15) is 38.2 Å². The Hall–Kier alpha value is -0.860. The molecule has 1 aliphatic carbocycles. The van der Waals surface area contributed by atoms with Crippen molar-refractivity contribution in [2.75, 3.05) is 6.61 Å². The average molecular weight is 219 g/mol. The van der Waals surface area contributed by atoms with Crippen LogP contribution >= 0.6 is 0 Å². The molecule has 1 atom stereocenters. The Morgan fingerprint density at radius 3 is 2.31 bits per heavy atom. The molecule has 1 aromatic carbocycles. The molecule has 0 amide bonds. The quantitative estimate of drug-likeness (QED) is 0.818. The maximum atomic E-state index is 9.56. The van der Waals surface area contributed by atoms with Crippen LogP contribution in [0, 0.1) is 0 Å². The first-order valence-corrected chi connectivity index (χ1v) is 6.08. The molecule has 0 saturated heterocycles. The summed E-state index contributed by atoms with van der Waals surface area (Å²) in [5, 5.41) is 9.56. The van der Waals surface area contributed by atoms with Gasteiger partial charge in [0, 0.05) is 11.0 Å². The lowest BCUT2D eigenvalue weighted by atomic mass is 9.65. The van der Waals surface area contributed by atoms with Crippen molar-refractivity contribution in [1.29, 1.82) is 0 Å². The highest BCUT2D eigenvalue weighted by molar-refractivity contribution is 5.31. The number of hydrogen-bond acceptors (Lipinski definition) is 2. The van der Waals surface area contributed by atoms with E-state index >= 15 is 0 Å². The van der Waals surface area contributed by atoms with Crippen molar-refractivity contribution in [3.63, 3.8) is 0 Å². The number of benzene rings is 1. The minimum absolute atomic E-state index is 0.0387. The highest BCUT2D eigenvalue weighted by Crippen LogP contribution is 2.47. The molecular formula is C14H21NO. The molecule has 0 heterocycles. The fourth-order valence-electron chi connectivity index (χ4n) is 3.08. The average Bonchev–Trinajstić information content (AvgIpc) is 2.81. The lowest BCUT2D eigenvalue weighted by Crippen LogP contribution is -2.57. The van der Waals surface area contributed by atoms with Crippen molar-refractivity contribution >= 4 is 0 Å². The van der Waals surface area contributed by atoms with Crippen molar-refractivity contribution in [2.45, 2.75) is 43.6 Å². The van der Waals surface area contributed by atoms with Crippen molar-refractivity contribution in [3.8, 4) is 0 Å². The second-order valence-corrected chi connectivity index (χ2v) is 5.23. The standard InChI is InChI=1S/C14H21NO/c1-13(15,11-16)14(9-5-6-10-14)12-7-3-2-4-8-12/h2-4,7-8,16H,5-6,9-11,15H2,1H3. The van der Waals surface area contributed by atoms with Crippen LogP contribution < -0.4 is 5.73 Å². The first kappa shape index (κ1) is 11.6. The maximum absolute atomic E-state index is 9.56. The van der Waals surface area contributed by atoms with Gasteiger partial charge < -0.3 is 10.8 Å². The number of rotatable bonds is 3. The summed E-state index contributed by atoms with van der Waals surface area (Å²) in [6.45, 7) is 2.02. The molecule has 1 aliphatic rings. The SMILES string of the molecule is CC(N)(CO)C1(c2ccccc2)CCCC1. The molecule has 0 radical (unpaired) electrons. The monoisotopic (exact) mass is 219 g/mol. The van der Waals surface area contributed by atoms with Crippen molar-refractivity contribution in [2.24, 2.45) is 5.73 Å². The second kappa shape index (κ2) is 4.19. The van der Waals surface area contributed by atoms with Crippen molar-refractivity contribution in [1.82, 2.24) is 0 Å². The van der Waals surface area contributed by atoms with Crippen LogP contribution in [0.15, 0.2) is 30.3 Å². The fourth-order valence-corrected chi connectivity index (χ4v) is 3.08. The maximum Gasteiger partial charge on any atom is 0.0617 e. The van der Waals surface area contributed by atoms with E-state index in [0.717, 1.165) is 12.8 Å². The largest absolute Gasteiger partial charge is 0.394 e. The van der Waals surface area contributed by atoms with Gasteiger partial charge in [0.1, 0.15) is 0 Å². The highest BCUT2D eigenvalue weighted by Gasteiger charge is 2.48. The molecule has 1 unspecified atom stereocenters. The second-order valence-electron chi connectivity index (χ2n) is 5.23. The lowest BCUT2D eigenvalue weighted by Gasteiger charge is -2.43. The molecule has 0 bridgehead atoms. The normalized spacial score (nSPS) is 22.9. The highest BCUT2D eigenvalue weighted by atomic mass is 16.3. The summed E-state index contributed by atoms with van der Waals surface area (Å²) in [6.07, 6.45) is 4.60. The van der Waals surface area contributed by atoms with Crippen LogP contribution in [0.5, 0.6) is 0 Å². The summed E-state index contributed by atoms with van der Waals surface area (Å²) in [6, 6.07) is 10.4. The van der Waals surface area contributed by atoms with Crippen molar-refractivity contribution in [3.05, 3.63) is 35.9 Å². The zero-order valence-corrected chi connectivity index (χ0v) is 9.95. The molecule has 2 nitrogen and oxygen atoms in total. The number of nitrogens with two attached hydrogens (primary N) is 1. The van der Waals surface area contributed by atoms with Gasteiger partial charge in [-0.1, -0.05) is 43.2 Å². The van der Waals surface area contributed by atoms with Crippen LogP contribution in [0.2, 0.25) is 0 Å². The summed E-state index contributed by atoms with van der Waals surface area (Å²) >= 11 is 0. The van der Waals surface area contributed by atoms with Gasteiger partial charge in [0.05, 0.1) is 6.61 Å². The van der Waals surface area contributed by atoms with E-state index in [9.17, 15) is 5.11 Å². The summed E-state index contributed by atoms with van der Waals surface area (Å²) in [5.41, 5.74) is 7.06. The molecular weight excluding hydrogens is 198 g/mol. The predicted octanol–water partition coefficient (Wildman–Crippen LogP) is 2.21. The Kier molecular flexibility index (Phi) is 3.04. The lowest BCUT2D eigenvalue weighted by molar-refractivity contribution is 0.129. The zero-order chi connectivity index (χ0) is 11.6. The van der Waals surface area contributed by atoms with Gasteiger partial charge in [-0.25, -0.2) is 0 Å². The van der Waals surface area contributed by atoms with Gasteiger partial charge in [0.15, 0.2) is 0 Å². The van der Waals surface area contributed by atoms with Crippen LogP contribution in [0.25, 0.3) is 0 Å². The Labute approximate surface area is 97.5 Å². The van der Waals surface area contributed by atoms with Gasteiger partial charge >= 0.3 is 0 Å². The number of aliphatic hydroxyl groups excluding tert-OH is 1. The Morgan fingerprint density at radius 2 is 1.81 bits per heavy atom. The summed E-state index contributed by atoms with van der Waals surface area (Å²) in [7, 11) is 0. The first-order valence-electron chi connectivity index (χ1n) is 6.08. The van der Waals surface area contributed by atoms with Crippen LogP contribution in [-0.2, 0) is 5.41 Å². The smallest absolute Gasteiger partial charge is 0.0617 e. The number of hydrogen-bond donors (Lipinski definition) is 2. The summed E-state index contributed by atoms with van der Waals surface area (Å²) in [4.78, 5) is 0. The third-order valence-corrected chi connectivity index (χ3v) is 4.21. The van der Waals surface area contributed by atoms with Gasteiger partial charge in [0.2, 0.25) is 0 Å². The molecule has 2 rings (SSSR count). The summed E-state index contributed by atoms with van der Waals surface area (Å²) in [5.74, 6) is 0. The molecule has 88 valence electrons. The van der Waals surface area contributed by atoms with E-state index in [4.69, 9.17) is 5.73 Å². The predicted molar refractivity (Wildman–Crippen MR) is 66.3 cm³/mol. The molecule has 16 heavy (non-hydrogen) atoms. The van der Waals surface area contributed by atoms with E-state index in [2.05, 4.69) is 24.3 Å². The van der Waals surface area contributed by atoms with Gasteiger partial charge in [-0.3, -0.25) is 0 Å². The van der Waals surface area contributed by atoms with E-state index in [1.165, 1.54) is 18.4 Å². The van der Waals surface area contributed by atoms with E-state index in [1.807, 2.05) is 13.0 Å². The van der Waals surface area contributed by atoms with E-state index in [1.54, 1.807) is 0 Å². The third kappa shape index (κ3) is 1.66. The Bertz CT molecular complexity index is 339. The topological polar surface area (TPSA) is 46.2 Å². The van der Waals surface area contributed by atoms with Crippen LogP contribution in [-0.4, -0.2) is 17.3 Å². The fraction of sp³-hybridized carbons (Fsp3) is 0.571. The number of aliphatic hydroxyl groups is 1. The van der Waals surface area contributed by atoms with Gasteiger partial charge in [0.25, 0.3) is 0 Å². The zero-order valence-electron chi connectivity index (χ0n) is 9.95. The van der Waals surface area contributed by atoms with Crippen LogP contribution in [0.3, 0.4) is 0 Å². The first-order chi connectivity index (χ1) is 7.62. The Balaban J connectivity index is 2.44. The van der Waals surface area contributed by atoms with E-state index in [-0.39, 0.29) is 12.0 Å². The molecule has 3 N–H and O–H groups in total. The minimum Gasteiger partial charge on any atom is -0.394 e. The molecule has 2 heteroatoms. The third-order valence-electron chi connectivity index (χ3n) is 4.21. The molecule has 1 aromatic rings. The Morgan fingerprint density at radius 1 is 1.25 bits per heavy atom. The van der Waals surface area contributed by atoms with Gasteiger partial charge in [-0.05, 0) is 25.3 Å². The molecule has 1 saturated carbocycles. The van der Waals surface area contributed by atoms with E-state index < -0.39 is 5.54 Å². The molecule has 0 aromatic heterocycles. The van der Waals surface area contributed by atoms with E-state index in [0.29, 0.717) is 0 Å². The van der Waals surface area contributed by atoms with Gasteiger partial charge in [-0.2, -0.15) is 0 Å².